The first-order chi connectivity index (χ1) is 13.2. The molecule has 0 fully saturated rings. The molecule has 0 unspecified atom stereocenters. The maximum Gasteiger partial charge on any atom is 0.416 e. The van der Waals surface area contributed by atoms with Gasteiger partial charge in [0.25, 0.3) is 0 Å². The van der Waals surface area contributed by atoms with Crippen molar-refractivity contribution in [3.63, 3.8) is 0 Å². The van der Waals surface area contributed by atoms with Gasteiger partial charge in [-0.3, -0.25) is 0 Å². The minimum absolute atomic E-state index is 0.318. The van der Waals surface area contributed by atoms with Crippen LogP contribution in [0.3, 0.4) is 0 Å². The van der Waals surface area contributed by atoms with E-state index in [0.717, 1.165) is 40.3 Å². The van der Waals surface area contributed by atoms with Crippen LogP contribution in [0.25, 0.3) is 17.3 Å². The molecule has 3 rings (SSSR count). The molecule has 1 heterocycles. The molecule has 0 spiro atoms. The third-order valence-corrected chi connectivity index (χ3v) is 4.67. The highest BCUT2D eigenvalue weighted by Gasteiger charge is 2.30. The van der Waals surface area contributed by atoms with E-state index in [1.54, 1.807) is 6.08 Å². The molecule has 3 aromatic rings. The van der Waals surface area contributed by atoms with E-state index in [0.29, 0.717) is 11.1 Å². The molecule has 0 aliphatic rings. The molecule has 0 atom stereocenters. The maximum absolute atomic E-state index is 12.8. The van der Waals surface area contributed by atoms with E-state index < -0.39 is 11.7 Å². The standard InChI is InChI=1S/C23H19F3N2/c1-15-5-4-6-22(11-15)28-16(2)12-19(17(28)3)13-20(14-27)18-7-9-21(10-8-18)23(24,25)26/h4-13H,1-3H3/b20-13-. The van der Waals surface area contributed by atoms with Crippen LogP contribution >= 0.6 is 0 Å². The summed E-state index contributed by atoms with van der Waals surface area (Å²) in [6.45, 7) is 5.97. The highest BCUT2D eigenvalue weighted by atomic mass is 19.4. The van der Waals surface area contributed by atoms with Gasteiger partial charge in [0.05, 0.1) is 17.2 Å². The number of rotatable bonds is 3. The number of allylic oxidation sites excluding steroid dienone is 1. The Morgan fingerprint density at radius 2 is 1.68 bits per heavy atom. The molecule has 0 bridgehead atoms. The van der Waals surface area contributed by atoms with Gasteiger partial charge in [0.1, 0.15) is 0 Å². The molecule has 2 nitrogen and oxygen atoms in total. The first kappa shape index (κ1) is 19.5. The minimum Gasteiger partial charge on any atom is -0.318 e. The monoisotopic (exact) mass is 380 g/mol. The van der Waals surface area contributed by atoms with Crippen molar-refractivity contribution in [1.82, 2.24) is 4.57 Å². The number of nitriles is 1. The highest BCUT2D eigenvalue weighted by Crippen LogP contribution is 2.31. The van der Waals surface area contributed by atoms with Gasteiger partial charge in [-0.15, -0.1) is 0 Å². The van der Waals surface area contributed by atoms with Crippen LogP contribution in [-0.2, 0) is 6.18 Å². The molecule has 1 aromatic heterocycles. The van der Waals surface area contributed by atoms with Crippen molar-refractivity contribution in [3.05, 3.63) is 88.2 Å². The molecule has 0 saturated heterocycles. The van der Waals surface area contributed by atoms with Gasteiger partial charge >= 0.3 is 6.18 Å². The van der Waals surface area contributed by atoms with Gasteiger partial charge < -0.3 is 4.57 Å². The summed E-state index contributed by atoms with van der Waals surface area (Å²) < 4.78 is 40.4. The molecule has 28 heavy (non-hydrogen) atoms. The van der Waals surface area contributed by atoms with Gasteiger partial charge in [-0.05, 0) is 73.9 Å². The number of hydrogen-bond acceptors (Lipinski definition) is 1. The van der Waals surface area contributed by atoms with Crippen LogP contribution < -0.4 is 0 Å². The molecule has 0 aliphatic carbocycles. The van der Waals surface area contributed by atoms with Crippen LogP contribution in [0.2, 0.25) is 0 Å². The van der Waals surface area contributed by atoms with Crippen LogP contribution in [0.5, 0.6) is 0 Å². The first-order valence-electron chi connectivity index (χ1n) is 8.76. The van der Waals surface area contributed by atoms with Crippen molar-refractivity contribution in [3.8, 4) is 11.8 Å². The van der Waals surface area contributed by atoms with Crippen molar-refractivity contribution >= 4 is 11.6 Å². The Kier molecular flexibility index (Phi) is 5.15. The number of hydrogen-bond donors (Lipinski definition) is 0. The predicted molar refractivity (Wildman–Crippen MR) is 105 cm³/mol. The van der Waals surface area contributed by atoms with Crippen molar-refractivity contribution in [2.24, 2.45) is 0 Å². The SMILES string of the molecule is Cc1cccc(-n2c(C)cc(/C=C(/C#N)c3ccc(C(F)(F)F)cc3)c2C)c1. The van der Waals surface area contributed by atoms with E-state index in [1.807, 2.05) is 45.0 Å². The summed E-state index contributed by atoms with van der Waals surface area (Å²) in [5.74, 6) is 0. The van der Waals surface area contributed by atoms with E-state index >= 15 is 0 Å². The van der Waals surface area contributed by atoms with E-state index in [2.05, 4.69) is 16.7 Å². The number of halogens is 3. The van der Waals surface area contributed by atoms with E-state index in [9.17, 15) is 18.4 Å². The molecule has 142 valence electrons. The van der Waals surface area contributed by atoms with Gasteiger partial charge in [-0.25, -0.2) is 0 Å². The summed E-state index contributed by atoms with van der Waals surface area (Å²) in [5, 5.41) is 9.54. The Hall–Kier alpha value is -3.26. The largest absolute Gasteiger partial charge is 0.416 e. The molecule has 0 saturated carbocycles. The molecular formula is C23H19F3N2. The zero-order valence-electron chi connectivity index (χ0n) is 15.8. The second-order valence-electron chi connectivity index (χ2n) is 6.75. The fourth-order valence-electron chi connectivity index (χ4n) is 3.27. The summed E-state index contributed by atoms with van der Waals surface area (Å²) >= 11 is 0. The third kappa shape index (κ3) is 3.86. The Morgan fingerprint density at radius 1 is 1.00 bits per heavy atom. The zero-order valence-corrected chi connectivity index (χ0v) is 15.8. The number of aryl methyl sites for hydroxylation is 2. The molecular weight excluding hydrogens is 361 g/mol. The lowest BCUT2D eigenvalue weighted by Gasteiger charge is -2.10. The maximum atomic E-state index is 12.8. The summed E-state index contributed by atoms with van der Waals surface area (Å²) in [6.07, 6.45) is -2.68. The Bertz CT molecular complexity index is 1080. The molecule has 0 N–H and O–H groups in total. The van der Waals surface area contributed by atoms with E-state index in [-0.39, 0.29) is 0 Å². The fraction of sp³-hybridized carbons (Fsp3) is 0.174. The second kappa shape index (κ2) is 7.40. The number of alkyl halides is 3. The summed E-state index contributed by atoms with van der Waals surface area (Å²) in [6, 6.07) is 16.8. The van der Waals surface area contributed by atoms with Crippen molar-refractivity contribution < 1.29 is 13.2 Å². The lowest BCUT2D eigenvalue weighted by Crippen LogP contribution is -2.04. The fourth-order valence-corrected chi connectivity index (χ4v) is 3.27. The second-order valence-corrected chi connectivity index (χ2v) is 6.75. The Balaban J connectivity index is 2.03. The van der Waals surface area contributed by atoms with Crippen LogP contribution in [-0.4, -0.2) is 4.57 Å². The topological polar surface area (TPSA) is 28.7 Å². The normalized spacial score (nSPS) is 12.1. The van der Waals surface area contributed by atoms with Crippen LogP contribution in [0.15, 0.2) is 54.6 Å². The van der Waals surface area contributed by atoms with E-state index in [4.69, 9.17) is 0 Å². The van der Waals surface area contributed by atoms with E-state index in [1.165, 1.54) is 12.1 Å². The van der Waals surface area contributed by atoms with Crippen molar-refractivity contribution in [2.75, 3.05) is 0 Å². The van der Waals surface area contributed by atoms with Gasteiger partial charge in [0.2, 0.25) is 0 Å². The summed E-state index contributed by atoms with van der Waals surface area (Å²) in [5.41, 5.74) is 5.05. The smallest absolute Gasteiger partial charge is 0.318 e. The Morgan fingerprint density at radius 3 is 2.25 bits per heavy atom. The molecule has 0 amide bonds. The van der Waals surface area contributed by atoms with Gasteiger partial charge in [-0.1, -0.05) is 24.3 Å². The molecule has 0 radical (unpaired) electrons. The number of nitrogens with zero attached hydrogens (tertiary/aromatic N) is 2. The van der Waals surface area contributed by atoms with Crippen molar-refractivity contribution in [2.45, 2.75) is 26.9 Å². The lowest BCUT2D eigenvalue weighted by molar-refractivity contribution is -0.137. The summed E-state index contributed by atoms with van der Waals surface area (Å²) in [4.78, 5) is 0. The van der Waals surface area contributed by atoms with Crippen LogP contribution in [0, 0.1) is 32.1 Å². The molecule has 2 aromatic carbocycles. The average molecular weight is 380 g/mol. The highest BCUT2D eigenvalue weighted by molar-refractivity contribution is 5.90. The molecule has 0 aliphatic heterocycles. The first-order valence-corrected chi connectivity index (χ1v) is 8.76. The van der Waals surface area contributed by atoms with Crippen LogP contribution in [0.4, 0.5) is 13.2 Å². The van der Waals surface area contributed by atoms with Crippen LogP contribution in [0.1, 0.15) is 33.6 Å². The summed E-state index contributed by atoms with van der Waals surface area (Å²) in [7, 11) is 0. The Labute approximate surface area is 162 Å². The lowest BCUT2D eigenvalue weighted by atomic mass is 10.0. The third-order valence-electron chi connectivity index (χ3n) is 4.67. The number of benzene rings is 2. The average Bonchev–Trinajstić information content (AvgIpc) is 2.92. The van der Waals surface area contributed by atoms with Gasteiger partial charge in [-0.2, -0.15) is 18.4 Å². The minimum atomic E-state index is -4.40. The molecule has 5 heteroatoms. The zero-order chi connectivity index (χ0) is 20.5. The van der Waals surface area contributed by atoms with Crippen molar-refractivity contribution in [1.29, 1.82) is 5.26 Å². The predicted octanol–water partition coefficient (Wildman–Crippen LogP) is 6.49. The van der Waals surface area contributed by atoms with Gasteiger partial charge in [0.15, 0.2) is 0 Å². The van der Waals surface area contributed by atoms with Gasteiger partial charge in [0, 0.05) is 17.1 Å². The number of aromatic nitrogens is 1. The quantitative estimate of drug-likeness (QED) is 0.478.